The number of ether oxygens (including phenoxy) is 1. The summed E-state index contributed by atoms with van der Waals surface area (Å²) < 4.78 is 5.20. The van der Waals surface area contributed by atoms with E-state index < -0.39 is 72.3 Å². The van der Waals surface area contributed by atoms with Gasteiger partial charge in [-0.1, -0.05) is 18.2 Å². The fourth-order valence-corrected chi connectivity index (χ4v) is 4.25. The summed E-state index contributed by atoms with van der Waals surface area (Å²) in [5.41, 5.74) is 10.7. The lowest BCUT2D eigenvalue weighted by Crippen LogP contribution is -2.56. The summed E-state index contributed by atoms with van der Waals surface area (Å²) in [6.45, 7) is 5.17. The predicted octanol–water partition coefficient (Wildman–Crippen LogP) is 1.08. The van der Waals surface area contributed by atoms with Crippen molar-refractivity contribution in [3.8, 4) is 5.75 Å². The highest BCUT2D eigenvalue weighted by Gasteiger charge is 2.30. The van der Waals surface area contributed by atoms with Crippen LogP contribution < -0.4 is 32.7 Å². The van der Waals surface area contributed by atoms with Crippen LogP contribution in [0.2, 0.25) is 0 Å². The lowest BCUT2D eigenvalue weighted by atomic mass is 10.0. The van der Waals surface area contributed by atoms with Crippen LogP contribution in [0, 0.1) is 0 Å². The third-order valence-corrected chi connectivity index (χ3v) is 6.67. The molecule has 15 nitrogen and oxygen atoms in total. The molecule has 0 aliphatic heterocycles. The molecule has 4 amide bonds. The number of phenolic OH excluding ortho intramolecular Hbond substituents is 1. The average Bonchev–Trinajstić information content (AvgIpc) is 2.99. The molecule has 0 fully saturated rings. The van der Waals surface area contributed by atoms with Crippen LogP contribution in [0.3, 0.4) is 0 Å². The highest BCUT2D eigenvalue weighted by Crippen LogP contribution is 2.16. The maximum atomic E-state index is 13.5. The van der Waals surface area contributed by atoms with E-state index in [1.165, 1.54) is 18.2 Å². The zero-order chi connectivity index (χ0) is 35.4. The summed E-state index contributed by atoms with van der Waals surface area (Å²) in [6, 6.07) is 2.91. The van der Waals surface area contributed by atoms with E-state index in [1.54, 1.807) is 39.0 Å². The molecule has 1 aromatic rings. The molecule has 0 saturated heterocycles. The molecule has 0 aliphatic rings. The Hall–Kier alpha value is -4.50. The summed E-state index contributed by atoms with van der Waals surface area (Å²) >= 11 is 0. The van der Waals surface area contributed by atoms with E-state index in [2.05, 4.69) is 21.3 Å². The minimum absolute atomic E-state index is 0.0164. The van der Waals surface area contributed by atoms with E-state index in [-0.39, 0.29) is 25.0 Å². The minimum Gasteiger partial charge on any atom is -0.507 e. The normalized spacial score (nSPS) is 13.2. The number of nitrogens with one attached hydrogen (secondary N) is 4. The molecule has 0 radical (unpaired) electrons. The van der Waals surface area contributed by atoms with E-state index in [0.29, 0.717) is 44.3 Å². The first-order valence-corrected chi connectivity index (χ1v) is 15.7. The van der Waals surface area contributed by atoms with Crippen LogP contribution in [0.4, 0.5) is 4.79 Å². The maximum Gasteiger partial charge on any atom is 0.408 e. The second kappa shape index (κ2) is 21.3. The average molecular weight is 663 g/mol. The second-order valence-corrected chi connectivity index (χ2v) is 11.9. The van der Waals surface area contributed by atoms with Gasteiger partial charge in [-0.3, -0.25) is 24.0 Å². The first-order chi connectivity index (χ1) is 22.2. The van der Waals surface area contributed by atoms with Gasteiger partial charge in [0.15, 0.2) is 5.78 Å². The fourth-order valence-electron chi connectivity index (χ4n) is 4.25. The number of aliphatic carboxylic acids is 1. The van der Waals surface area contributed by atoms with Crippen molar-refractivity contribution in [2.45, 2.75) is 95.9 Å². The number of hydrogen-bond donors (Lipinski definition) is 8. The molecule has 3 atom stereocenters. The van der Waals surface area contributed by atoms with Gasteiger partial charge in [-0.2, -0.15) is 0 Å². The number of Topliss-reactive ketones (excluding diaryl/α,β-unsaturated/α-hetero) is 1. The monoisotopic (exact) mass is 662 g/mol. The van der Waals surface area contributed by atoms with E-state index in [1.807, 2.05) is 0 Å². The van der Waals surface area contributed by atoms with Crippen molar-refractivity contribution in [2.75, 3.05) is 19.6 Å². The fraction of sp³-hybridized carbons (Fsp3) is 0.562. The van der Waals surface area contributed by atoms with Crippen LogP contribution in [0.25, 0.3) is 6.08 Å². The van der Waals surface area contributed by atoms with E-state index in [4.69, 9.17) is 21.3 Å². The molecule has 0 aromatic heterocycles. The summed E-state index contributed by atoms with van der Waals surface area (Å²) in [4.78, 5) is 75.9. The van der Waals surface area contributed by atoms with Crippen molar-refractivity contribution >= 4 is 41.6 Å². The number of alkyl carbamates (subject to hydrolysis) is 1. The number of rotatable bonds is 21. The first kappa shape index (κ1) is 40.5. The standard InChI is InChI=1S/C32H50N6O9/c1-32(2,3)47-31(46)38-24(15-17-28(42)43)30(45)37-23(12-7-9-19-34)29(44)36-22(11-6-8-18-33)26(40)20-35-27(41)16-14-21-10-4-5-13-25(21)39/h4-5,10,13-14,16,22-24,39H,6-9,11-12,15,17-20,33-34H2,1-3H3,(H,35,41)(H,36,44)(H,37,45)(H,38,46)(H,42,43)/b16-14-/t22-,23-,24-/m0/s1. The van der Waals surface area contributed by atoms with Crippen molar-refractivity contribution in [1.82, 2.24) is 21.3 Å². The molecule has 0 aliphatic carbocycles. The minimum atomic E-state index is -1.33. The van der Waals surface area contributed by atoms with Gasteiger partial charge in [-0.25, -0.2) is 4.79 Å². The largest absolute Gasteiger partial charge is 0.507 e. The Bertz CT molecular complexity index is 1230. The Morgan fingerprint density at radius 3 is 1.94 bits per heavy atom. The van der Waals surface area contributed by atoms with Gasteiger partial charge in [0, 0.05) is 18.1 Å². The number of carboxylic acid groups (broad SMARTS) is 1. The lowest BCUT2D eigenvalue weighted by Gasteiger charge is -2.26. The van der Waals surface area contributed by atoms with Crippen LogP contribution in [0.1, 0.15) is 77.7 Å². The van der Waals surface area contributed by atoms with Gasteiger partial charge in [0.2, 0.25) is 17.7 Å². The number of benzene rings is 1. The number of unbranched alkanes of at least 4 members (excludes halogenated alkanes) is 2. The third-order valence-electron chi connectivity index (χ3n) is 6.67. The molecule has 0 saturated carbocycles. The van der Waals surface area contributed by atoms with Crippen molar-refractivity contribution in [3.63, 3.8) is 0 Å². The number of para-hydroxylation sites is 1. The van der Waals surface area contributed by atoms with Gasteiger partial charge in [-0.15, -0.1) is 0 Å². The molecular weight excluding hydrogens is 612 g/mol. The zero-order valence-corrected chi connectivity index (χ0v) is 27.4. The highest BCUT2D eigenvalue weighted by molar-refractivity contribution is 5.98. The Labute approximate surface area is 275 Å². The molecule has 10 N–H and O–H groups in total. The maximum absolute atomic E-state index is 13.5. The number of amides is 4. The van der Waals surface area contributed by atoms with E-state index in [0.717, 1.165) is 0 Å². The Morgan fingerprint density at radius 2 is 1.38 bits per heavy atom. The van der Waals surface area contributed by atoms with E-state index >= 15 is 0 Å². The van der Waals surface area contributed by atoms with Crippen LogP contribution in [0.15, 0.2) is 30.3 Å². The summed E-state index contributed by atoms with van der Waals surface area (Å²) in [6.07, 6.45) is 3.33. The van der Waals surface area contributed by atoms with Crippen LogP contribution in [0.5, 0.6) is 5.75 Å². The topological polar surface area (TPSA) is 252 Å². The molecular formula is C32H50N6O9. The van der Waals surface area contributed by atoms with E-state index in [9.17, 15) is 33.9 Å². The van der Waals surface area contributed by atoms with Crippen molar-refractivity contribution in [2.24, 2.45) is 11.5 Å². The summed E-state index contributed by atoms with van der Waals surface area (Å²) in [5.74, 6) is -3.77. The predicted molar refractivity (Wildman–Crippen MR) is 175 cm³/mol. The van der Waals surface area contributed by atoms with Crippen LogP contribution >= 0.6 is 0 Å². The van der Waals surface area contributed by atoms with Gasteiger partial charge in [-0.05, 0) is 90.9 Å². The molecule has 0 bridgehead atoms. The molecule has 0 spiro atoms. The molecule has 262 valence electrons. The van der Waals surface area contributed by atoms with Gasteiger partial charge in [0.05, 0.1) is 12.6 Å². The number of ketones is 1. The smallest absolute Gasteiger partial charge is 0.408 e. The number of nitrogens with two attached hydrogens (primary N) is 2. The highest BCUT2D eigenvalue weighted by atomic mass is 16.6. The molecule has 1 rings (SSSR count). The molecule has 15 heteroatoms. The second-order valence-electron chi connectivity index (χ2n) is 11.9. The third kappa shape index (κ3) is 17.7. The number of carboxylic acids is 1. The Morgan fingerprint density at radius 1 is 0.830 bits per heavy atom. The van der Waals surface area contributed by atoms with Crippen LogP contribution in [-0.2, 0) is 28.7 Å². The van der Waals surface area contributed by atoms with Crippen molar-refractivity contribution < 1.29 is 43.7 Å². The van der Waals surface area contributed by atoms with Gasteiger partial charge in [0.1, 0.15) is 23.4 Å². The van der Waals surface area contributed by atoms with Crippen molar-refractivity contribution in [3.05, 3.63) is 35.9 Å². The lowest BCUT2D eigenvalue weighted by molar-refractivity contribution is -0.137. The van der Waals surface area contributed by atoms with Gasteiger partial charge in [0.25, 0.3) is 0 Å². The summed E-state index contributed by atoms with van der Waals surface area (Å²) in [7, 11) is 0. The first-order valence-electron chi connectivity index (χ1n) is 15.7. The summed E-state index contributed by atoms with van der Waals surface area (Å²) in [5, 5.41) is 29.1. The molecule has 0 heterocycles. The Balaban J connectivity index is 3.06. The number of phenols is 1. The van der Waals surface area contributed by atoms with Crippen molar-refractivity contribution in [1.29, 1.82) is 0 Å². The molecule has 0 unspecified atom stereocenters. The number of carbonyl (C=O) groups excluding carboxylic acids is 5. The number of hydrogen-bond acceptors (Lipinski definition) is 10. The number of aromatic hydroxyl groups is 1. The Kier molecular flexibility index (Phi) is 18.4. The SMILES string of the molecule is CC(C)(C)OC(=O)N[C@@H](CCC(=O)O)C(=O)N[C@@H](CCCCN)C(=O)N[C@@H](CCCCN)C(=O)CNC(=O)/C=C\c1ccccc1O. The van der Waals surface area contributed by atoms with Gasteiger partial charge >= 0.3 is 12.1 Å². The van der Waals surface area contributed by atoms with Gasteiger partial charge < -0.3 is 47.7 Å². The molecule has 1 aromatic carbocycles. The number of carbonyl (C=O) groups is 6. The quantitative estimate of drug-likeness (QED) is 0.0683. The van der Waals surface area contributed by atoms with Crippen LogP contribution in [-0.4, -0.2) is 89.1 Å². The zero-order valence-electron chi connectivity index (χ0n) is 27.4. The molecule has 47 heavy (non-hydrogen) atoms.